The first-order valence-electron chi connectivity index (χ1n) is 9.24. The molecule has 0 saturated carbocycles. The van der Waals surface area contributed by atoms with E-state index in [-0.39, 0.29) is 23.5 Å². The van der Waals surface area contributed by atoms with Gasteiger partial charge >= 0.3 is 0 Å². The fourth-order valence-electron chi connectivity index (χ4n) is 3.07. The predicted octanol–water partition coefficient (Wildman–Crippen LogP) is 5.07. The van der Waals surface area contributed by atoms with Gasteiger partial charge in [0.1, 0.15) is 0 Å². The standard InChI is InChI=1S/C22H24N2O3S/c1-14(2)17(16-8-5-4-6-9-16)13-23-22(26)20-15(3)12-19(28-20)24-21(25)18-10-7-11-27-18/h4-12,14,17H,13H2,1-3H3,(H,23,26)(H,24,25). The number of nitrogens with one attached hydrogen (secondary N) is 2. The summed E-state index contributed by atoms with van der Waals surface area (Å²) in [4.78, 5) is 25.4. The van der Waals surface area contributed by atoms with Gasteiger partial charge in [-0.2, -0.15) is 0 Å². The highest BCUT2D eigenvalue weighted by Gasteiger charge is 2.20. The Hall–Kier alpha value is -2.86. The number of benzene rings is 1. The van der Waals surface area contributed by atoms with Gasteiger partial charge < -0.3 is 15.1 Å². The first kappa shape index (κ1) is 19.9. The van der Waals surface area contributed by atoms with Crippen molar-refractivity contribution in [3.05, 3.63) is 76.6 Å². The molecule has 0 fully saturated rings. The van der Waals surface area contributed by atoms with Gasteiger partial charge in [0.25, 0.3) is 11.8 Å². The quantitative estimate of drug-likeness (QED) is 0.586. The van der Waals surface area contributed by atoms with Crippen LogP contribution in [0.3, 0.4) is 0 Å². The third kappa shape index (κ3) is 4.70. The summed E-state index contributed by atoms with van der Waals surface area (Å²) >= 11 is 1.26. The van der Waals surface area contributed by atoms with E-state index in [1.807, 2.05) is 25.1 Å². The van der Waals surface area contributed by atoms with Gasteiger partial charge in [-0.3, -0.25) is 9.59 Å². The maximum absolute atomic E-state index is 12.7. The minimum absolute atomic E-state index is 0.123. The zero-order valence-corrected chi connectivity index (χ0v) is 17.0. The zero-order chi connectivity index (χ0) is 20.1. The van der Waals surface area contributed by atoms with Crippen LogP contribution in [0.1, 0.15) is 51.1 Å². The fraction of sp³-hybridized carbons (Fsp3) is 0.273. The number of anilines is 1. The number of aryl methyl sites for hydroxylation is 1. The lowest BCUT2D eigenvalue weighted by molar-refractivity contribution is 0.0951. The summed E-state index contributed by atoms with van der Waals surface area (Å²) in [7, 11) is 0. The molecule has 1 atom stereocenters. The first-order valence-corrected chi connectivity index (χ1v) is 10.1. The van der Waals surface area contributed by atoms with E-state index in [1.165, 1.54) is 23.2 Å². The van der Waals surface area contributed by atoms with E-state index in [9.17, 15) is 9.59 Å². The monoisotopic (exact) mass is 396 g/mol. The molecule has 3 aromatic rings. The van der Waals surface area contributed by atoms with E-state index in [0.717, 1.165) is 5.56 Å². The van der Waals surface area contributed by atoms with Gasteiger partial charge in [-0.25, -0.2) is 0 Å². The summed E-state index contributed by atoms with van der Waals surface area (Å²) in [5.41, 5.74) is 2.05. The highest BCUT2D eigenvalue weighted by Crippen LogP contribution is 2.28. The van der Waals surface area contributed by atoms with Crippen LogP contribution in [0.5, 0.6) is 0 Å². The van der Waals surface area contributed by atoms with Crippen molar-refractivity contribution in [2.24, 2.45) is 5.92 Å². The van der Waals surface area contributed by atoms with E-state index in [0.29, 0.717) is 22.3 Å². The second kappa shape index (κ2) is 8.89. The van der Waals surface area contributed by atoms with Crippen LogP contribution in [-0.2, 0) is 0 Å². The Morgan fingerprint density at radius 1 is 1.07 bits per heavy atom. The van der Waals surface area contributed by atoms with Crippen molar-refractivity contribution in [2.45, 2.75) is 26.7 Å². The van der Waals surface area contributed by atoms with Crippen molar-refractivity contribution >= 4 is 28.2 Å². The molecule has 146 valence electrons. The molecule has 0 aliphatic carbocycles. The van der Waals surface area contributed by atoms with Gasteiger partial charge in [0.2, 0.25) is 0 Å². The van der Waals surface area contributed by atoms with Crippen LogP contribution >= 0.6 is 11.3 Å². The van der Waals surface area contributed by atoms with Crippen LogP contribution in [0, 0.1) is 12.8 Å². The molecule has 2 N–H and O–H groups in total. The van der Waals surface area contributed by atoms with Gasteiger partial charge in [0.05, 0.1) is 16.1 Å². The SMILES string of the molecule is Cc1cc(NC(=O)c2ccco2)sc1C(=O)NCC(c1ccccc1)C(C)C. The minimum atomic E-state index is -0.331. The van der Waals surface area contributed by atoms with Crippen LogP contribution in [0.15, 0.2) is 59.2 Å². The Labute approximate surface area is 168 Å². The minimum Gasteiger partial charge on any atom is -0.459 e. The maximum atomic E-state index is 12.7. The summed E-state index contributed by atoms with van der Waals surface area (Å²) in [6, 6.07) is 15.3. The summed E-state index contributed by atoms with van der Waals surface area (Å²) in [5.74, 6) is 0.420. The molecule has 5 nitrogen and oxygen atoms in total. The lowest BCUT2D eigenvalue weighted by Gasteiger charge is -2.21. The smallest absolute Gasteiger partial charge is 0.291 e. The van der Waals surface area contributed by atoms with E-state index >= 15 is 0 Å². The number of rotatable bonds is 7. The van der Waals surface area contributed by atoms with Crippen molar-refractivity contribution in [3.8, 4) is 0 Å². The number of amides is 2. The number of carbonyl (C=O) groups is 2. The van der Waals surface area contributed by atoms with Gasteiger partial charge in [-0.15, -0.1) is 11.3 Å². The Morgan fingerprint density at radius 2 is 1.82 bits per heavy atom. The molecule has 6 heteroatoms. The molecule has 2 aromatic heterocycles. The molecule has 28 heavy (non-hydrogen) atoms. The van der Waals surface area contributed by atoms with E-state index in [1.54, 1.807) is 18.2 Å². The molecule has 0 radical (unpaired) electrons. The molecule has 1 aromatic carbocycles. The second-order valence-corrected chi connectivity index (χ2v) is 8.08. The summed E-state index contributed by atoms with van der Waals surface area (Å²) in [6.45, 7) is 6.74. The lowest BCUT2D eigenvalue weighted by Crippen LogP contribution is -2.30. The van der Waals surface area contributed by atoms with Crippen LogP contribution in [0.4, 0.5) is 5.00 Å². The zero-order valence-electron chi connectivity index (χ0n) is 16.2. The molecule has 0 aliphatic rings. The van der Waals surface area contributed by atoms with Crippen molar-refractivity contribution < 1.29 is 14.0 Å². The van der Waals surface area contributed by atoms with Gasteiger partial charge in [0, 0.05) is 12.5 Å². The number of hydrogen-bond acceptors (Lipinski definition) is 4. The maximum Gasteiger partial charge on any atom is 0.291 e. The average Bonchev–Trinajstić information content (AvgIpc) is 3.32. The first-order chi connectivity index (χ1) is 13.5. The molecule has 0 bridgehead atoms. The van der Waals surface area contributed by atoms with Crippen LogP contribution < -0.4 is 10.6 Å². The van der Waals surface area contributed by atoms with E-state index < -0.39 is 0 Å². The Balaban J connectivity index is 1.65. The largest absolute Gasteiger partial charge is 0.459 e. The van der Waals surface area contributed by atoms with Gasteiger partial charge in [-0.05, 0) is 42.2 Å². The summed E-state index contributed by atoms with van der Waals surface area (Å²) in [6.07, 6.45) is 1.45. The van der Waals surface area contributed by atoms with Gasteiger partial charge in [-0.1, -0.05) is 44.2 Å². The highest BCUT2D eigenvalue weighted by molar-refractivity contribution is 7.18. The van der Waals surface area contributed by atoms with Crippen molar-refractivity contribution in [1.82, 2.24) is 5.32 Å². The van der Waals surface area contributed by atoms with Crippen molar-refractivity contribution in [1.29, 1.82) is 0 Å². The predicted molar refractivity (Wildman–Crippen MR) is 112 cm³/mol. The van der Waals surface area contributed by atoms with Crippen molar-refractivity contribution in [2.75, 3.05) is 11.9 Å². The third-order valence-corrected chi connectivity index (χ3v) is 5.77. The molecular formula is C22H24N2O3S. The third-order valence-electron chi connectivity index (χ3n) is 4.62. The van der Waals surface area contributed by atoms with E-state index in [2.05, 4.69) is 36.6 Å². The molecule has 0 saturated heterocycles. The van der Waals surface area contributed by atoms with Gasteiger partial charge in [0.15, 0.2) is 5.76 Å². The summed E-state index contributed by atoms with van der Waals surface area (Å²) in [5, 5.41) is 6.45. The van der Waals surface area contributed by atoms with Crippen molar-refractivity contribution in [3.63, 3.8) is 0 Å². The molecule has 0 spiro atoms. The fourth-order valence-corrected chi connectivity index (χ4v) is 4.06. The number of furan rings is 1. The summed E-state index contributed by atoms with van der Waals surface area (Å²) < 4.78 is 5.09. The second-order valence-electron chi connectivity index (χ2n) is 7.03. The molecule has 1 unspecified atom stereocenters. The molecule has 2 amide bonds. The Bertz CT molecular complexity index is 930. The van der Waals surface area contributed by atoms with Crippen LogP contribution in [0.25, 0.3) is 0 Å². The lowest BCUT2D eigenvalue weighted by atomic mass is 9.88. The molecular weight excluding hydrogens is 372 g/mol. The molecule has 3 rings (SSSR count). The highest BCUT2D eigenvalue weighted by atomic mass is 32.1. The Kier molecular flexibility index (Phi) is 6.31. The number of thiophene rings is 1. The normalized spacial score (nSPS) is 12.0. The van der Waals surface area contributed by atoms with Crippen LogP contribution in [0.2, 0.25) is 0 Å². The van der Waals surface area contributed by atoms with Crippen LogP contribution in [-0.4, -0.2) is 18.4 Å². The number of hydrogen-bond donors (Lipinski definition) is 2. The number of carbonyl (C=O) groups excluding carboxylic acids is 2. The topological polar surface area (TPSA) is 71.3 Å². The molecule has 0 aliphatic heterocycles. The average molecular weight is 397 g/mol. The Morgan fingerprint density at radius 3 is 2.46 bits per heavy atom. The van der Waals surface area contributed by atoms with E-state index in [4.69, 9.17) is 4.42 Å². The molecule has 2 heterocycles.